The first-order valence-electron chi connectivity index (χ1n) is 7.40. The lowest BCUT2D eigenvalue weighted by atomic mass is 10.1. The van der Waals surface area contributed by atoms with E-state index in [1.807, 2.05) is 6.07 Å². The maximum absolute atomic E-state index is 12.0. The summed E-state index contributed by atoms with van der Waals surface area (Å²) in [5.41, 5.74) is 0. The number of piperidine rings is 1. The maximum atomic E-state index is 12.0. The van der Waals surface area contributed by atoms with Crippen molar-refractivity contribution in [3.05, 3.63) is 24.3 Å². The number of hydrogen-bond donors (Lipinski definition) is 1. The Morgan fingerprint density at radius 3 is 2.43 bits per heavy atom. The molecule has 0 spiro atoms. The monoisotopic (exact) mass is 342 g/mol. The fourth-order valence-electron chi connectivity index (χ4n) is 2.48. The lowest BCUT2D eigenvalue weighted by Gasteiger charge is -2.30. The number of sulfonamides is 1. The number of methoxy groups -OCH3 is 1. The number of para-hydroxylation sites is 2. The summed E-state index contributed by atoms with van der Waals surface area (Å²) in [5, 5.41) is 2.87. The number of hydrogen-bond acceptors (Lipinski definition) is 5. The Morgan fingerprint density at radius 1 is 1.26 bits per heavy atom. The van der Waals surface area contributed by atoms with Crippen LogP contribution < -0.4 is 14.8 Å². The van der Waals surface area contributed by atoms with Gasteiger partial charge in [0.15, 0.2) is 18.1 Å². The van der Waals surface area contributed by atoms with Gasteiger partial charge in [-0.05, 0) is 25.0 Å². The Kier molecular flexibility index (Phi) is 5.84. The molecule has 1 aromatic rings. The third kappa shape index (κ3) is 5.11. The minimum atomic E-state index is -3.15. The molecule has 1 aliphatic rings. The third-order valence-electron chi connectivity index (χ3n) is 3.72. The molecule has 0 atom stereocenters. The summed E-state index contributed by atoms with van der Waals surface area (Å²) in [6, 6.07) is 7.09. The van der Waals surface area contributed by atoms with Crippen LogP contribution in [0.2, 0.25) is 0 Å². The molecule has 1 heterocycles. The molecule has 1 N–H and O–H groups in total. The van der Waals surface area contributed by atoms with Crippen molar-refractivity contribution in [3.8, 4) is 11.5 Å². The van der Waals surface area contributed by atoms with Crippen molar-refractivity contribution >= 4 is 15.9 Å². The average molecular weight is 342 g/mol. The second kappa shape index (κ2) is 7.65. The number of amides is 1. The van der Waals surface area contributed by atoms with Crippen LogP contribution in [0.3, 0.4) is 0 Å². The van der Waals surface area contributed by atoms with Gasteiger partial charge in [0, 0.05) is 19.1 Å². The molecule has 128 valence electrons. The van der Waals surface area contributed by atoms with Gasteiger partial charge in [0.25, 0.3) is 5.91 Å². The Balaban J connectivity index is 1.78. The third-order valence-corrected chi connectivity index (χ3v) is 5.02. The zero-order valence-electron chi connectivity index (χ0n) is 13.3. The van der Waals surface area contributed by atoms with Crippen molar-refractivity contribution in [1.29, 1.82) is 0 Å². The molecule has 0 aromatic heterocycles. The predicted molar refractivity (Wildman–Crippen MR) is 86.1 cm³/mol. The highest BCUT2D eigenvalue weighted by atomic mass is 32.2. The first kappa shape index (κ1) is 17.6. The van der Waals surface area contributed by atoms with Crippen LogP contribution in [0.25, 0.3) is 0 Å². The second-order valence-electron chi connectivity index (χ2n) is 5.44. The molecular formula is C15H22N2O5S. The molecule has 8 heteroatoms. The summed E-state index contributed by atoms with van der Waals surface area (Å²) < 4.78 is 34.9. The molecule has 23 heavy (non-hydrogen) atoms. The van der Waals surface area contributed by atoms with Crippen LogP contribution >= 0.6 is 0 Å². The summed E-state index contributed by atoms with van der Waals surface area (Å²) in [5.74, 6) is 0.854. The molecule has 0 aliphatic carbocycles. The average Bonchev–Trinajstić information content (AvgIpc) is 2.53. The van der Waals surface area contributed by atoms with E-state index >= 15 is 0 Å². The van der Waals surface area contributed by atoms with E-state index in [0.29, 0.717) is 37.4 Å². The van der Waals surface area contributed by atoms with E-state index in [4.69, 9.17) is 9.47 Å². The highest BCUT2D eigenvalue weighted by molar-refractivity contribution is 7.88. The number of carbonyl (C=O) groups is 1. The van der Waals surface area contributed by atoms with Crippen molar-refractivity contribution in [2.24, 2.45) is 0 Å². The van der Waals surface area contributed by atoms with Crippen LogP contribution in [0, 0.1) is 0 Å². The Labute approximate surface area is 136 Å². The summed E-state index contributed by atoms with van der Waals surface area (Å²) in [6.45, 7) is 0.751. The van der Waals surface area contributed by atoms with Crippen molar-refractivity contribution < 1.29 is 22.7 Å². The number of ether oxygens (including phenoxy) is 2. The van der Waals surface area contributed by atoms with Crippen LogP contribution in [-0.4, -0.2) is 57.7 Å². The zero-order chi connectivity index (χ0) is 16.9. The van der Waals surface area contributed by atoms with Gasteiger partial charge in [-0.15, -0.1) is 0 Å². The fourth-order valence-corrected chi connectivity index (χ4v) is 3.36. The molecule has 1 fully saturated rings. The predicted octanol–water partition coefficient (Wildman–Crippen LogP) is 0.614. The minimum Gasteiger partial charge on any atom is -0.493 e. The van der Waals surface area contributed by atoms with E-state index in [-0.39, 0.29) is 18.6 Å². The lowest BCUT2D eigenvalue weighted by Crippen LogP contribution is -2.47. The highest BCUT2D eigenvalue weighted by Crippen LogP contribution is 2.25. The standard InChI is InChI=1S/C15H22N2O5S/c1-21-13-5-3-4-6-14(13)22-11-15(18)16-12-7-9-17(10-8-12)23(2,19)20/h3-6,12H,7-11H2,1-2H3,(H,16,18). The van der Waals surface area contributed by atoms with Crippen molar-refractivity contribution in [2.45, 2.75) is 18.9 Å². The zero-order valence-corrected chi connectivity index (χ0v) is 14.1. The fraction of sp³-hybridized carbons (Fsp3) is 0.533. The molecule has 0 saturated carbocycles. The molecular weight excluding hydrogens is 320 g/mol. The molecule has 0 radical (unpaired) electrons. The van der Waals surface area contributed by atoms with Crippen molar-refractivity contribution in [2.75, 3.05) is 33.1 Å². The van der Waals surface area contributed by atoms with E-state index in [2.05, 4.69) is 5.32 Å². The maximum Gasteiger partial charge on any atom is 0.258 e. The number of benzene rings is 1. The molecule has 1 aliphatic heterocycles. The van der Waals surface area contributed by atoms with Gasteiger partial charge in [-0.25, -0.2) is 12.7 Å². The molecule has 1 amide bonds. The summed E-state index contributed by atoms with van der Waals surface area (Å²) in [6.07, 6.45) is 2.41. The summed E-state index contributed by atoms with van der Waals surface area (Å²) >= 11 is 0. The van der Waals surface area contributed by atoms with E-state index in [1.165, 1.54) is 17.7 Å². The smallest absolute Gasteiger partial charge is 0.258 e. The van der Waals surface area contributed by atoms with Gasteiger partial charge in [-0.3, -0.25) is 4.79 Å². The highest BCUT2D eigenvalue weighted by Gasteiger charge is 2.25. The molecule has 1 saturated heterocycles. The van der Waals surface area contributed by atoms with Gasteiger partial charge < -0.3 is 14.8 Å². The van der Waals surface area contributed by atoms with Crippen LogP contribution in [0.4, 0.5) is 0 Å². The van der Waals surface area contributed by atoms with Crippen LogP contribution in [0.5, 0.6) is 11.5 Å². The number of carbonyl (C=O) groups excluding carboxylic acids is 1. The van der Waals surface area contributed by atoms with Gasteiger partial charge >= 0.3 is 0 Å². The summed E-state index contributed by atoms with van der Waals surface area (Å²) in [4.78, 5) is 12.0. The van der Waals surface area contributed by atoms with Gasteiger partial charge in [-0.1, -0.05) is 12.1 Å². The van der Waals surface area contributed by atoms with Gasteiger partial charge in [0.2, 0.25) is 10.0 Å². The van der Waals surface area contributed by atoms with E-state index in [0.717, 1.165) is 0 Å². The Bertz CT molecular complexity index is 639. The van der Waals surface area contributed by atoms with Gasteiger partial charge in [0.1, 0.15) is 0 Å². The van der Waals surface area contributed by atoms with Crippen molar-refractivity contribution in [3.63, 3.8) is 0 Å². The molecule has 7 nitrogen and oxygen atoms in total. The second-order valence-corrected chi connectivity index (χ2v) is 7.43. The molecule has 0 bridgehead atoms. The number of nitrogens with one attached hydrogen (secondary N) is 1. The number of rotatable bonds is 6. The van der Waals surface area contributed by atoms with Crippen LogP contribution in [-0.2, 0) is 14.8 Å². The van der Waals surface area contributed by atoms with Crippen molar-refractivity contribution in [1.82, 2.24) is 9.62 Å². The Hall–Kier alpha value is -1.80. The molecule has 0 unspecified atom stereocenters. The normalized spacial score (nSPS) is 16.8. The van der Waals surface area contributed by atoms with E-state index in [1.54, 1.807) is 18.2 Å². The molecule has 2 rings (SSSR count). The minimum absolute atomic E-state index is 0.0261. The van der Waals surface area contributed by atoms with E-state index in [9.17, 15) is 13.2 Å². The van der Waals surface area contributed by atoms with Gasteiger partial charge in [0.05, 0.1) is 13.4 Å². The topological polar surface area (TPSA) is 84.9 Å². The first-order valence-corrected chi connectivity index (χ1v) is 9.25. The Morgan fingerprint density at radius 2 is 1.87 bits per heavy atom. The van der Waals surface area contributed by atoms with Crippen LogP contribution in [0.15, 0.2) is 24.3 Å². The largest absolute Gasteiger partial charge is 0.493 e. The number of nitrogens with zero attached hydrogens (tertiary/aromatic N) is 1. The first-order chi connectivity index (χ1) is 10.9. The van der Waals surface area contributed by atoms with Gasteiger partial charge in [-0.2, -0.15) is 0 Å². The molecule has 1 aromatic carbocycles. The van der Waals surface area contributed by atoms with Crippen LogP contribution in [0.1, 0.15) is 12.8 Å². The SMILES string of the molecule is COc1ccccc1OCC(=O)NC1CCN(S(C)(=O)=O)CC1. The summed E-state index contributed by atoms with van der Waals surface area (Å²) in [7, 11) is -1.61. The quantitative estimate of drug-likeness (QED) is 0.819. The lowest BCUT2D eigenvalue weighted by molar-refractivity contribution is -0.124. The van der Waals surface area contributed by atoms with E-state index < -0.39 is 10.0 Å².